The molecule has 1 aliphatic heterocycles. The van der Waals surface area contributed by atoms with Crippen LogP contribution in [0.4, 0.5) is 17.1 Å². The van der Waals surface area contributed by atoms with Crippen molar-refractivity contribution in [2.24, 2.45) is 0 Å². The molecule has 16 rings (SSSR count). The minimum Gasteiger partial charge on any atom is -0.309 e. The lowest BCUT2D eigenvalue weighted by atomic mass is 9.65. The van der Waals surface area contributed by atoms with Gasteiger partial charge in [0.1, 0.15) is 0 Å². The first kappa shape index (κ1) is 40.7. The average molecular weight is 929 g/mol. The Morgan fingerprint density at radius 2 is 0.808 bits per heavy atom. The normalized spacial score (nSPS) is 16.4. The predicted molar refractivity (Wildman–Crippen MR) is 301 cm³/mol. The molecule has 0 radical (unpaired) electrons. The second kappa shape index (κ2) is 14.6. The van der Waals surface area contributed by atoms with Crippen LogP contribution in [0.5, 0.6) is 0 Å². The number of aromatic nitrogens is 1. The Labute approximate surface area is 425 Å². The van der Waals surface area contributed by atoms with Crippen molar-refractivity contribution in [2.45, 2.75) is 30.1 Å². The van der Waals surface area contributed by atoms with Crippen molar-refractivity contribution in [2.75, 3.05) is 4.90 Å². The summed E-state index contributed by atoms with van der Waals surface area (Å²) in [5.74, 6) is 0. The summed E-state index contributed by atoms with van der Waals surface area (Å²) >= 11 is 0. The molecular weight excluding hydrogens is 881 g/mol. The summed E-state index contributed by atoms with van der Waals surface area (Å²) in [6.07, 6.45) is 0. The highest BCUT2D eigenvalue weighted by Gasteiger charge is 2.53. The Morgan fingerprint density at radius 1 is 0.329 bits per heavy atom. The number of para-hydroxylation sites is 3. The number of fused-ring (bicyclic) bond motifs is 18. The zero-order chi connectivity index (χ0) is 48.2. The lowest BCUT2D eigenvalue weighted by Crippen LogP contribution is -2.33. The van der Waals surface area contributed by atoms with E-state index in [1.54, 1.807) is 0 Å². The minimum atomic E-state index is -0.601. The molecule has 2 nitrogen and oxygen atoms in total. The molecule has 342 valence electrons. The molecule has 0 amide bonds. The maximum Gasteiger partial charge on any atom is 0.0755 e. The van der Waals surface area contributed by atoms with E-state index in [2.05, 4.69) is 278 Å². The van der Waals surface area contributed by atoms with Gasteiger partial charge in [-0.15, -0.1) is 0 Å². The Morgan fingerprint density at radius 3 is 1.49 bits per heavy atom. The van der Waals surface area contributed by atoms with Crippen molar-refractivity contribution in [3.05, 3.63) is 310 Å². The van der Waals surface area contributed by atoms with Gasteiger partial charge in [-0.1, -0.05) is 232 Å². The maximum absolute atomic E-state index is 2.64. The first-order valence-corrected chi connectivity index (χ1v) is 25.8. The van der Waals surface area contributed by atoms with Gasteiger partial charge in [0.15, 0.2) is 0 Å². The van der Waals surface area contributed by atoms with Gasteiger partial charge in [0, 0.05) is 33.0 Å². The van der Waals surface area contributed by atoms with E-state index in [9.17, 15) is 0 Å². The number of hydrogen-bond donors (Lipinski definition) is 0. The number of hydrogen-bond acceptors (Lipinski definition) is 1. The Kier molecular flexibility index (Phi) is 8.12. The topological polar surface area (TPSA) is 8.17 Å². The van der Waals surface area contributed by atoms with E-state index in [0.29, 0.717) is 0 Å². The molecule has 12 aromatic rings. The molecule has 1 atom stereocenters. The monoisotopic (exact) mass is 928 g/mol. The average Bonchev–Trinajstić information content (AvgIpc) is 4.13. The molecule has 1 unspecified atom stereocenters. The highest BCUT2D eigenvalue weighted by atomic mass is 15.2. The SMILES string of the molecule is CC1(C)c2ccccc2-c2ccc(N(c3cccc4c3-c3ccccc3C4(c3ccccc3)c3ccccc3)c3cccc4c3-c3ccccc3C43c4ccccc4-n4c5ccccc5c5cccc3c54)cc21. The smallest absolute Gasteiger partial charge is 0.0755 e. The van der Waals surface area contributed by atoms with E-state index in [1.165, 1.54) is 117 Å². The van der Waals surface area contributed by atoms with Crippen molar-refractivity contribution in [1.29, 1.82) is 0 Å². The lowest BCUT2D eigenvalue weighted by Gasteiger charge is -2.39. The van der Waals surface area contributed by atoms with Crippen LogP contribution in [-0.2, 0) is 16.2 Å². The van der Waals surface area contributed by atoms with Gasteiger partial charge in [-0.3, -0.25) is 0 Å². The highest BCUT2D eigenvalue weighted by molar-refractivity contribution is 6.13. The van der Waals surface area contributed by atoms with Crippen molar-refractivity contribution in [3.63, 3.8) is 0 Å². The Hall–Kier alpha value is -8.98. The van der Waals surface area contributed by atoms with Gasteiger partial charge >= 0.3 is 0 Å². The van der Waals surface area contributed by atoms with Crippen LogP contribution >= 0.6 is 0 Å². The van der Waals surface area contributed by atoms with Crippen LogP contribution in [0.25, 0.3) is 60.9 Å². The Bertz CT molecular complexity index is 4270. The highest BCUT2D eigenvalue weighted by Crippen LogP contribution is 2.65. The molecule has 0 saturated carbocycles. The third kappa shape index (κ3) is 4.98. The summed E-state index contributed by atoms with van der Waals surface area (Å²) in [6.45, 7) is 4.80. The second-order valence-electron chi connectivity index (χ2n) is 21.0. The van der Waals surface area contributed by atoms with E-state index in [4.69, 9.17) is 0 Å². The van der Waals surface area contributed by atoms with E-state index < -0.39 is 10.8 Å². The van der Waals surface area contributed by atoms with Crippen molar-refractivity contribution >= 4 is 38.9 Å². The number of nitrogens with zero attached hydrogens (tertiary/aromatic N) is 2. The molecule has 2 heteroatoms. The molecule has 0 fully saturated rings. The summed E-state index contributed by atoms with van der Waals surface area (Å²) in [5, 5.41) is 2.56. The third-order valence-corrected chi connectivity index (χ3v) is 17.5. The van der Waals surface area contributed by atoms with Gasteiger partial charge in [-0.25, -0.2) is 0 Å². The van der Waals surface area contributed by atoms with Crippen LogP contribution < -0.4 is 4.90 Å². The molecular formula is C71H48N2. The number of benzene rings is 11. The van der Waals surface area contributed by atoms with Crippen molar-refractivity contribution < 1.29 is 0 Å². The first-order chi connectivity index (χ1) is 36.0. The van der Waals surface area contributed by atoms with Crippen LogP contribution in [-0.4, -0.2) is 4.57 Å². The summed E-state index contributed by atoms with van der Waals surface area (Å²) in [5.41, 5.74) is 26.6. The predicted octanol–water partition coefficient (Wildman–Crippen LogP) is 17.6. The quantitative estimate of drug-likeness (QED) is 0.167. The molecule has 2 heterocycles. The van der Waals surface area contributed by atoms with Gasteiger partial charge in [-0.05, 0) is 114 Å². The minimum absolute atomic E-state index is 0.202. The van der Waals surface area contributed by atoms with Crippen LogP contribution in [0.15, 0.2) is 255 Å². The van der Waals surface area contributed by atoms with Gasteiger partial charge in [-0.2, -0.15) is 0 Å². The standard InChI is InChI=1S/C71H48N2/c1-69(2)54-31-13-9-26-48(54)49-43-42-47(44-61(49)69)72(64-40-20-35-58-66(64)52-28-10-14-32-55(52)70(58,45-22-5-3-6-23-45)46-24-7-4-8-25-46)65-41-21-36-59-67(65)53-29-11-15-33-56(53)71(59)57-34-16-18-39-63(57)73-62-38-17-12-27-50(62)51-30-19-37-60(71)68(51)73/h3-44H,1-2H3. The van der Waals surface area contributed by atoms with E-state index in [-0.39, 0.29) is 5.41 Å². The third-order valence-electron chi connectivity index (χ3n) is 17.5. The van der Waals surface area contributed by atoms with Gasteiger partial charge in [0.05, 0.1) is 38.9 Å². The fourth-order valence-electron chi connectivity index (χ4n) is 14.7. The Balaban J connectivity index is 1.04. The largest absolute Gasteiger partial charge is 0.309 e. The second-order valence-corrected chi connectivity index (χ2v) is 21.0. The summed E-state index contributed by atoms with van der Waals surface area (Å²) < 4.78 is 2.54. The molecule has 0 saturated heterocycles. The molecule has 3 aliphatic carbocycles. The molecule has 4 aliphatic rings. The van der Waals surface area contributed by atoms with E-state index in [0.717, 1.165) is 17.1 Å². The van der Waals surface area contributed by atoms with Crippen LogP contribution in [0.2, 0.25) is 0 Å². The van der Waals surface area contributed by atoms with Crippen molar-refractivity contribution in [3.8, 4) is 39.1 Å². The lowest BCUT2D eigenvalue weighted by molar-refractivity contribution is 0.660. The fraction of sp³-hybridized carbons (Fsp3) is 0.0704. The van der Waals surface area contributed by atoms with E-state index in [1.807, 2.05) is 0 Å². The zero-order valence-electron chi connectivity index (χ0n) is 40.6. The molecule has 0 bridgehead atoms. The molecule has 1 spiro atoms. The molecule has 1 aromatic heterocycles. The first-order valence-electron chi connectivity index (χ1n) is 25.8. The van der Waals surface area contributed by atoms with E-state index >= 15 is 0 Å². The fourth-order valence-corrected chi connectivity index (χ4v) is 14.7. The molecule has 0 N–H and O–H groups in total. The van der Waals surface area contributed by atoms with Gasteiger partial charge in [0.2, 0.25) is 0 Å². The number of anilines is 3. The van der Waals surface area contributed by atoms with Gasteiger partial charge < -0.3 is 9.47 Å². The molecule has 73 heavy (non-hydrogen) atoms. The summed E-state index contributed by atoms with van der Waals surface area (Å²) in [4.78, 5) is 2.64. The summed E-state index contributed by atoms with van der Waals surface area (Å²) in [7, 11) is 0. The van der Waals surface area contributed by atoms with Crippen LogP contribution in [0.1, 0.15) is 69.5 Å². The van der Waals surface area contributed by atoms with Crippen LogP contribution in [0, 0.1) is 0 Å². The van der Waals surface area contributed by atoms with Gasteiger partial charge in [0.25, 0.3) is 0 Å². The maximum atomic E-state index is 2.64. The van der Waals surface area contributed by atoms with Crippen molar-refractivity contribution in [1.82, 2.24) is 4.57 Å². The summed E-state index contributed by atoms with van der Waals surface area (Å²) in [6, 6.07) is 96.7. The van der Waals surface area contributed by atoms with Crippen LogP contribution in [0.3, 0.4) is 0 Å². The molecule has 11 aromatic carbocycles. The number of rotatable bonds is 5. The zero-order valence-corrected chi connectivity index (χ0v) is 40.6.